The predicted octanol–water partition coefficient (Wildman–Crippen LogP) is 0.0971. The maximum absolute atomic E-state index is 11.7. The van der Waals surface area contributed by atoms with Gasteiger partial charge in [0.1, 0.15) is 0 Å². The summed E-state index contributed by atoms with van der Waals surface area (Å²) in [6, 6.07) is 4.40. The third kappa shape index (κ3) is 2.09. The van der Waals surface area contributed by atoms with Gasteiger partial charge in [-0.05, 0) is 23.8 Å². The Kier molecular flexibility index (Phi) is 2.77. The zero-order valence-electron chi connectivity index (χ0n) is 9.17. The van der Waals surface area contributed by atoms with Crippen LogP contribution in [0, 0.1) is 0 Å². The monoisotopic (exact) mass is 249 g/mol. The average molecular weight is 249 g/mol. The Labute approximate surface area is 101 Å². The van der Waals surface area contributed by atoms with Gasteiger partial charge in [-0.25, -0.2) is 0 Å². The van der Waals surface area contributed by atoms with Gasteiger partial charge < -0.3 is 14.8 Å². The topological polar surface area (TPSA) is 62.5 Å². The molecule has 0 amide bonds. The van der Waals surface area contributed by atoms with Crippen LogP contribution >= 0.6 is 11.3 Å². The normalized spacial score (nSPS) is 11.9. The van der Waals surface area contributed by atoms with E-state index in [0.717, 1.165) is 0 Å². The predicted molar refractivity (Wildman–Crippen MR) is 67.7 cm³/mol. The summed E-state index contributed by atoms with van der Waals surface area (Å²) < 4.78 is 2.68. The van der Waals surface area contributed by atoms with Crippen molar-refractivity contribution in [3.05, 3.63) is 43.3 Å². The smallest absolute Gasteiger partial charge is 0.268 e. The average Bonchev–Trinajstić information content (AvgIpc) is 2.52. The summed E-state index contributed by atoms with van der Waals surface area (Å²) in [5, 5.41) is 18.5. The molecule has 0 aliphatic heterocycles. The van der Waals surface area contributed by atoms with Crippen LogP contribution in [0.15, 0.2) is 23.0 Å². The molecule has 0 saturated carbocycles. The van der Waals surface area contributed by atoms with E-state index in [1.54, 1.807) is 19.2 Å². The number of aromatic hydroxyl groups is 2. The van der Waals surface area contributed by atoms with Crippen molar-refractivity contribution in [3.63, 3.8) is 0 Å². The van der Waals surface area contributed by atoms with Crippen LogP contribution in [0.3, 0.4) is 0 Å². The van der Waals surface area contributed by atoms with Gasteiger partial charge in [-0.2, -0.15) is 0 Å². The highest BCUT2D eigenvalue weighted by molar-refractivity contribution is 7.07. The van der Waals surface area contributed by atoms with Crippen LogP contribution in [0.5, 0.6) is 11.5 Å². The largest absolute Gasteiger partial charge is 0.504 e. The standard InChI is InChI=1S/C12H11NO3S/c1-7-13(2)12(16)11(17-7)6-8-3-4-9(14)10(15)5-8/h3-6,14-15H,1H2,2H3/b11-6+. The summed E-state index contributed by atoms with van der Waals surface area (Å²) in [5.41, 5.74) is 0.534. The van der Waals surface area contributed by atoms with E-state index in [1.165, 1.54) is 28.0 Å². The third-order valence-electron chi connectivity index (χ3n) is 2.41. The van der Waals surface area contributed by atoms with E-state index < -0.39 is 0 Å². The van der Waals surface area contributed by atoms with Crippen LogP contribution in [-0.4, -0.2) is 14.8 Å². The molecule has 2 aromatic rings. The molecule has 1 aromatic carbocycles. The number of nitrogens with zero attached hydrogens (tertiary/aromatic N) is 1. The number of benzene rings is 1. The number of phenols is 2. The number of aromatic nitrogens is 1. The lowest BCUT2D eigenvalue weighted by molar-refractivity contribution is 0.403. The molecule has 0 fully saturated rings. The molecule has 0 saturated heterocycles. The highest BCUT2D eigenvalue weighted by Gasteiger charge is 2.01. The Balaban J connectivity index is 2.63. The number of hydrogen-bond donors (Lipinski definition) is 2. The molecule has 0 spiro atoms. The first-order chi connectivity index (χ1) is 7.99. The zero-order chi connectivity index (χ0) is 12.6. The summed E-state index contributed by atoms with van der Waals surface area (Å²) >= 11 is 1.29. The number of thiazole rings is 1. The summed E-state index contributed by atoms with van der Waals surface area (Å²) in [6.07, 6.45) is 1.65. The van der Waals surface area contributed by atoms with Gasteiger partial charge >= 0.3 is 0 Å². The number of rotatable bonds is 1. The number of hydrogen-bond acceptors (Lipinski definition) is 4. The van der Waals surface area contributed by atoms with Crippen molar-refractivity contribution in [2.24, 2.45) is 7.05 Å². The fraction of sp³-hybridized carbons (Fsp3) is 0.0833. The molecule has 88 valence electrons. The van der Waals surface area contributed by atoms with Crippen LogP contribution in [0.1, 0.15) is 5.56 Å². The van der Waals surface area contributed by atoms with E-state index in [-0.39, 0.29) is 17.1 Å². The van der Waals surface area contributed by atoms with Gasteiger partial charge in [0.05, 0.1) is 9.20 Å². The molecule has 0 aliphatic carbocycles. The minimum atomic E-state index is -0.207. The van der Waals surface area contributed by atoms with E-state index in [2.05, 4.69) is 6.58 Å². The van der Waals surface area contributed by atoms with E-state index in [9.17, 15) is 15.0 Å². The van der Waals surface area contributed by atoms with Crippen molar-refractivity contribution in [3.8, 4) is 11.5 Å². The number of phenolic OH excluding ortho intramolecular Hbond substituents is 2. The zero-order valence-corrected chi connectivity index (χ0v) is 9.99. The van der Waals surface area contributed by atoms with Crippen LogP contribution in [0.25, 0.3) is 12.7 Å². The van der Waals surface area contributed by atoms with E-state index >= 15 is 0 Å². The molecule has 0 bridgehead atoms. The van der Waals surface area contributed by atoms with Crippen LogP contribution in [0.2, 0.25) is 0 Å². The molecule has 4 nitrogen and oxygen atoms in total. The van der Waals surface area contributed by atoms with E-state index in [0.29, 0.717) is 14.8 Å². The van der Waals surface area contributed by atoms with Crippen LogP contribution in [-0.2, 0) is 7.05 Å². The third-order valence-corrected chi connectivity index (χ3v) is 3.44. The van der Waals surface area contributed by atoms with Crippen molar-refractivity contribution in [1.29, 1.82) is 0 Å². The second-order valence-corrected chi connectivity index (χ2v) is 4.73. The first-order valence-corrected chi connectivity index (χ1v) is 5.69. The molecule has 1 heterocycles. The lowest BCUT2D eigenvalue weighted by Gasteiger charge is -1.97. The highest BCUT2D eigenvalue weighted by atomic mass is 32.1. The Morgan fingerprint density at radius 2 is 2.06 bits per heavy atom. The second kappa shape index (κ2) is 4.10. The SMILES string of the molecule is C=c1s/c(=C/c2ccc(O)c(O)c2)c(=O)n1C. The molecular formula is C12H11NO3S. The second-order valence-electron chi connectivity index (χ2n) is 3.62. The first-order valence-electron chi connectivity index (χ1n) is 4.87. The molecule has 5 heteroatoms. The summed E-state index contributed by atoms with van der Waals surface area (Å²) in [4.78, 5) is 11.7. The van der Waals surface area contributed by atoms with E-state index in [1.807, 2.05) is 0 Å². The van der Waals surface area contributed by atoms with Crippen molar-refractivity contribution in [1.82, 2.24) is 4.57 Å². The van der Waals surface area contributed by atoms with Crippen LogP contribution < -0.4 is 14.8 Å². The van der Waals surface area contributed by atoms with Crippen LogP contribution in [0.4, 0.5) is 0 Å². The molecule has 0 atom stereocenters. The van der Waals surface area contributed by atoms with Gasteiger partial charge in [0.25, 0.3) is 5.56 Å². The van der Waals surface area contributed by atoms with Gasteiger partial charge in [0.2, 0.25) is 0 Å². The molecule has 17 heavy (non-hydrogen) atoms. The molecule has 0 radical (unpaired) electrons. The molecule has 2 N–H and O–H groups in total. The maximum atomic E-state index is 11.7. The van der Waals surface area contributed by atoms with Gasteiger partial charge in [-0.15, -0.1) is 11.3 Å². The van der Waals surface area contributed by atoms with Crippen molar-refractivity contribution in [2.75, 3.05) is 0 Å². The minimum absolute atomic E-state index is 0.118. The summed E-state index contributed by atoms with van der Waals surface area (Å²) in [7, 11) is 1.66. The van der Waals surface area contributed by atoms with E-state index in [4.69, 9.17) is 0 Å². The molecule has 1 aromatic heterocycles. The van der Waals surface area contributed by atoms with Gasteiger partial charge in [0.15, 0.2) is 11.5 Å². The van der Waals surface area contributed by atoms with Crippen molar-refractivity contribution < 1.29 is 10.2 Å². The lowest BCUT2D eigenvalue weighted by atomic mass is 10.2. The Bertz CT molecular complexity index is 727. The Hall–Kier alpha value is -2.01. The minimum Gasteiger partial charge on any atom is -0.504 e. The maximum Gasteiger partial charge on any atom is 0.268 e. The Morgan fingerprint density at radius 3 is 2.59 bits per heavy atom. The van der Waals surface area contributed by atoms with Gasteiger partial charge in [-0.1, -0.05) is 12.6 Å². The fourth-order valence-corrected chi connectivity index (χ4v) is 2.28. The van der Waals surface area contributed by atoms with Crippen molar-refractivity contribution >= 4 is 24.0 Å². The summed E-state index contributed by atoms with van der Waals surface area (Å²) in [5.74, 6) is -0.388. The molecule has 0 aliphatic rings. The quantitative estimate of drug-likeness (QED) is 0.704. The van der Waals surface area contributed by atoms with Gasteiger partial charge in [-0.3, -0.25) is 4.79 Å². The molecule has 0 unspecified atom stereocenters. The lowest BCUT2D eigenvalue weighted by Crippen LogP contribution is -2.28. The summed E-state index contributed by atoms with van der Waals surface area (Å²) in [6.45, 7) is 3.75. The molecule has 2 rings (SSSR count). The molecular weight excluding hydrogens is 238 g/mol. The fourth-order valence-electron chi connectivity index (χ4n) is 1.39. The van der Waals surface area contributed by atoms with Crippen molar-refractivity contribution in [2.45, 2.75) is 0 Å². The first kappa shape index (κ1) is 11.5. The van der Waals surface area contributed by atoms with Gasteiger partial charge in [0, 0.05) is 7.05 Å². The Morgan fingerprint density at radius 1 is 1.35 bits per heavy atom. The highest BCUT2D eigenvalue weighted by Crippen LogP contribution is 2.24.